The molecule has 0 aliphatic rings. The monoisotopic (exact) mass is 686 g/mol. The van der Waals surface area contributed by atoms with Crippen molar-refractivity contribution in [2.75, 3.05) is 19.8 Å². The lowest BCUT2D eigenvalue weighted by Gasteiger charge is -2.45. The molecule has 0 saturated carbocycles. The summed E-state index contributed by atoms with van der Waals surface area (Å²) in [5.41, 5.74) is 3.88. The first-order valence-corrected chi connectivity index (χ1v) is 18.5. The molecule has 0 aromatic heterocycles. The second kappa shape index (κ2) is 19.8. The van der Waals surface area contributed by atoms with Gasteiger partial charge in [0.2, 0.25) is 0 Å². The highest BCUT2D eigenvalue weighted by Gasteiger charge is 2.50. The van der Waals surface area contributed by atoms with Crippen LogP contribution in [-0.2, 0) is 27.2 Å². The molecule has 46 heavy (non-hydrogen) atoms. The van der Waals surface area contributed by atoms with E-state index < -0.39 is 48.0 Å². The molecule has 2 aromatic carbocycles. The Labute approximate surface area is 279 Å². The number of aryl methyl sites for hydroxylation is 1. The SMILES string of the molecule is Cc1cc(C(C)(C)C)c(CCCCCCCCCC(O)(c2ccccc2)C(CO)(CO)CO)c(C(C)(C)C)c1.OP(O)OP(O)O. The fourth-order valence-corrected chi connectivity index (χ4v) is 6.55. The van der Waals surface area contributed by atoms with Crippen LogP contribution in [0.3, 0.4) is 0 Å². The largest absolute Gasteiger partial charge is 0.395 e. The van der Waals surface area contributed by atoms with Gasteiger partial charge >= 0.3 is 17.2 Å². The maximum atomic E-state index is 11.7. The third kappa shape index (κ3) is 13.1. The topological polar surface area (TPSA) is 171 Å². The van der Waals surface area contributed by atoms with Crippen molar-refractivity contribution in [3.8, 4) is 0 Å². The van der Waals surface area contributed by atoms with Crippen LogP contribution < -0.4 is 0 Å². The second-order valence-corrected chi connectivity index (χ2v) is 16.0. The van der Waals surface area contributed by atoms with E-state index in [0.717, 1.165) is 32.1 Å². The molecular formula is C35H60O9P2. The van der Waals surface area contributed by atoms with Crippen molar-refractivity contribution in [3.63, 3.8) is 0 Å². The molecule has 264 valence electrons. The molecule has 2 aromatic rings. The molecule has 0 saturated heterocycles. The fraction of sp³-hybridized carbons (Fsp3) is 0.657. The van der Waals surface area contributed by atoms with Gasteiger partial charge in [0.15, 0.2) is 0 Å². The Hall–Kier alpha value is -1.06. The van der Waals surface area contributed by atoms with Gasteiger partial charge in [-0.3, -0.25) is 0 Å². The minimum absolute atomic E-state index is 0.128. The molecule has 0 fully saturated rings. The van der Waals surface area contributed by atoms with Crippen molar-refractivity contribution >= 4 is 17.2 Å². The van der Waals surface area contributed by atoms with Crippen LogP contribution in [0.5, 0.6) is 0 Å². The Morgan fingerprint density at radius 2 is 1.04 bits per heavy atom. The van der Waals surface area contributed by atoms with E-state index in [4.69, 9.17) is 19.6 Å². The molecule has 0 heterocycles. The number of aliphatic hydroxyl groups is 4. The van der Waals surface area contributed by atoms with E-state index in [2.05, 4.69) is 64.9 Å². The van der Waals surface area contributed by atoms with Gasteiger partial charge in [-0.1, -0.05) is 128 Å². The molecule has 11 heteroatoms. The average molecular weight is 687 g/mol. The van der Waals surface area contributed by atoms with Crippen LogP contribution in [0.25, 0.3) is 0 Å². The molecule has 0 aliphatic carbocycles. The minimum Gasteiger partial charge on any atom is -0.395 e. The molecule has 2 rings (SSSR count). The summed E-state index contributed by atoms with van der Waals surface area (Å²) in [5.74, 6) is 0. The summed E-state index contributed by atoms with van der Waals surface area (Å²) in [6.07, 6.45) is 9.06. The summed E-state index contributed by atoms with van der Waals surface area (Å²) in [6, 6.07) is 13.9. The van der Waals surface area contributed by atoms with Crippen molar-refractivity contribution in [2.45, 2.75) is 123 Å². The third-order valence-electron chi connectivity index (χ3n) is 8.66. The fourth-order valence-electron chi connectivity index (χ4n) is 6.03. The third-order valence-corrected chi connectivity index (χ3v) is 9.83. The van der Waals surface area contributed by atoms with Crippen LogP contribution >= 0.6 is 17.2 Å². The Bertz CT molecular complexity index is 1080. The lowest BCUT2D eigenvalue weighted by atomic mass is 9.67. The highest BCUT2D eigenvalue weighted by Crippen LogP contribution is 2.44. The molecule has 0 radical (unpaired) electrons. The maximum Gasteiger partial charge on any atom is 0.334 e. The molecule has 1 unspecified atom stereocenters. The van der Waals surface area contributed by atoms with Gasteiger partial charge in [0.1, 0.15) is 5.60 Å². The van der Waals surface area contributed by atoms with E-state index >= 15 is 0 Å². The lowest BCUT2D eigenvalue weighted by molar-refractivity contribution is -0.164. The van der Waals surface area contributed by atoms with Crippen molar-refractivity contribution in [1.82, 2.24) is 0 Å². The standard InChI is InChI=1S/C35H56O4.H4O5P2/c1-27-22-30(32(2,3)4)29(31(23-27)33(5,6)7)20-16-11-9-8-10-12-17-21-35(39,28-18-14-13-15-19-28)34(24-36,25-37)26-38;1-6(2)5-7(3)4/h13-15,18-19,22-23,36-39H,8-12,16-17,20-21,24-26H2,1-7H3;1-4H. The van der Waals surface area contributed by atoms with Gasteiger partial charge < -0.3 is 40.0 Å². The van der Waals surface area contributed by atoms with Gasteiger partial charge in [-0.15, -0.1) is 0 Å². The molecular weight excluding hydrogens is 626 g/mol. The van der Waals surface area contributed by atoms with Gasteiger partial charge in [-0.25, -0.2) is 4.31 Å². The molecule has 1 atom stereocenters. The summed E-state index contributed by atoms with van der Waals surface area (Å²) >= 11 is 0. The van der Waals surface area contributed by atoms with E-state index in [1.165, 1.54) is 36.0 Å². The van der Waals surface area contributed by atoms with Crippen molar-refractivity contribution in [2.24, 2.45) is 5.41 Å². The Morgan fingerprint density at radius 1 is 0.630 bits per heavy atom. The van der Waals surface area contributed by atoms with Crippen LogP contribution in [0.4, 0.5) is 0 Å². The average Bonchev–Trinajstić information content (AvgIpc) is 2.96. The van der Waals surface area contributed by atoms with Crippen LogP contribution in [0.1, 0.15) is 121 Å². The lowest BCUT2D eigenvalue weighted by Crippen LogP contribution is -2.53. The van der Waals surface area contributed by atoms with Gasteiger partial charge in [-0.05, 0) is 59.3 Å². The zero-order chi connectivity index (χ0) is 35.2. The van der Waals surface area contributed by atoms with E-state index in [-0.39, 0.29) is 10.8 Å². The first-order valence-electron chi connectivity index (χ1n) is 16.2. The van der Waals surface area contributed by atoms with Crippen molar-refractivity contribution in [1.29, 1.82) is 0 Å². The summed E-state index contributed by atoms with van der Waals surface area (Å²) < 4.78 is 3.60. The zero-order valence-corrected chi connectivity index (χ0v) is 30.7. The number of hydrogen-bond acceptors (Lipinski definition) is 9. The zero-order valence-electron chi connectivity index (χ0n) is 28.9. The van der Waals surface area contributed by atoms with Gasteiger partial charge in [-0.2, -0.15) is 0 Å². The van der Waals surface area contributed by atoms with Gasteiger partial charge in [0.05, 0.1) is 25.2 Å². The maximum absolute atomic E-state index is 11.7. The molecule has 0 aliphatic heterocycles. The van der Waals surface area contributed by atoms with Crippen molar-refractivity contribution in [3.05, 3.63) is 70.3 Å². The van der Waals surface area contributed by atoms with Crippen LogP contribution in [0.15, 0.2) is 42.5 Å². The molecule has 9 nitrogen and oxygen atoms in total. The van der Waals surface area contributed by atoms with E-state index in [1.54, 1.807) is 17.7 Å². The van der Waals surface area contributed by atoms with Crippen LogP contribution in [0, 0.1) is 12.3 Å². The van der Waals surface area contributed by atoms with E-state index in [9.17, 15) is 20.4 Å². The number of unbranched alkanes of at least 4 members (excludes halogenated alkanes) is 6. The number of rotatable bonds is 17. The summed E-state index contributed by atoms with van der Waals surface area (Å²) in [6.45, 7) is 14.7. The first kappa shape index (κ1) is 43.0. The Morgan fingerprint density at radius 3 is 1.41 bits per heavy atom. The van der Waals surface area contributed by atoms with Crippen molar-refractivity contribution < 1.29 is 44.3 Å². The number of hydrogen-bond donors (Lipinski definition) is 8. The minimum atomic E-state index is -2.61. The summed E-state index contributed by atoms with van der Waals surface area (Å²) in [5, 5.41) is 41.8. The van der Waals surface area contributed by atoms with Gasteiger partial charge in [0, 0.05) is 0 Å². The number of benzene rings is 2. The normalized spacial score (nSPS) is 13.9. The predicted molar refractivity (Wildman–Crippen MR) is 187 cm³/mol. The molecule has 0 spiro atoms. The predicted octanol–water partition coefficient (Wildman–Crippen LogP) is 6.53. The first-order chi connectivity index (χ1) is 21.4. The smallest absolute Gasteiger partial charge is 0.334 e. The van der Waals surface area contributed by atoms with Crippen LogP contribution in [0.2, 0.25) is 0 Å². The summed E-state index contributed by atoms with van der Waals surface area (Å²) in [4.78, 5) is 31.3. The molecule has 0 amide bonds. The van der Waals surface area contributed by atoms with Gasteiger partial charge in [0.25, 0.3) is 0 Å². The molecule has 0 bridgehead atoms. The highest BCUT2D eigenvalue weighted by molar-refractivity contribution is 7.53. The quantitative estimate of drug-likeness (QED) is 0.0681. The second-order valence-electron chi connectivity index (χ2n) is 14.4. The highest BCUT2D eigenvalue weighted by atomic mass is 31.2. The molecule has 8 N–H and O–H groups in total. The number of aliphatic hydroxyl groups excluding tert-OH is 3. The summed E-state index contributed by atoms with van der Waals surface area (Å²) in [7, 11) is -5.22. The van der Waals surface area contributed by atoms with E-state index in [1.807, 2.05) is 18.2 Å². The van der Waals surface area contributed by atoms with Crippen LogP contribution in [-0.4, -0.2) is 59.8 Å². The Kier molecular flexibility index (Phi) is 18.5. The van der Waals surface area contributed by atoms with E-state index in [0.29, 0.717) is 12.0 Å². The Balaban J connectivity index is 0.00000135.